The van der Waals surface area contributed by atoms with Crippen molar-refractivity contribution in [1.29, 1.82) is 0 Å². The molecule has 0 fully saturated rings. The van der Waals surface area contributed by atoms with Gasteiger partial charge in [-0.2, -0.15) is 4.52 Å². The number of para-hydroxylation sites is 2. The van der Waals surface area contributed by atoms with Gasteiger partial charge in [0.1, 0.15) is 11.6 Å². The van der Waals surface area contributed by atoms with Crippen molar-refractivity contribution in [3.05, 3.63) is 84.2 Å². The quantitative estimate of drug-likeness (QED) is 0.492. The molecule has 146 valence electrons. The van der Waals surface area contributed by atoms with Crippen LogP contribution in [0.4, 0.5) is 10.1 Å². The van der Waals surface area contributed by atoms with Gasteiger partial charge in [0.2, 0.25) is 5.65 Å². The van der Waals surface area contributed by atoms with Crippen molar-refractivity contribution in [1.82, 2.24) is 25.0 Å². The molecular formula is C21H13FN6O2. The second kappa shape index (κ2) is 7.21. The van der Waals surface area contributed by atoms with Crippen molar-refractivity contribution >= 4 is 28.3 Å². The molecule has 0 spiro atoms. The maximum Gasteiger partial charge on any atom is 0.268 e. The second-order valence-corrected chi connectivity index (χ2v) is 6.41. The van der Waals surface area contributed by atoms with Crippen LogP contribution in [0.2, 0.25) is 0 Å². The van der Waals surface area contributed by atoms with E-state index in [1.165, 1.54) is 18.2 Å². The van der Waals surface area contributed by atoms with Gasteiger partial charge in [0, 0.05) is 11.3 Å². The minimum Gasteiger partial charge on any atom is -0.436 e. The highest BCUT2D eigenvalue weighted by Gasteiger charge is 2.13. The Labute approximate surface area is 168 Å². The minimum atomic E-state index is -0.469. The molecule has 0 atom stereocenters. The fourth-order valence-corrected chi connectivity index (χ4v) is 3.00. The summed E-state index contributed by atoms with van der Waals surface area (Å²) in [5.41, 5.74) is 2.61. The number of carbonyl (C=O) groups excluding carboxylic acids is 1. The van der Waals surface area contributed by atoms with Gasteiger partial charge in [-0.25, -0.2) is 9.37 Å². The molecule has 8 nitrogen and oxygen atoms in total. The van der Waals surface area contributed by atoms with Gasteiger partial charge in [-0.1, -0.05) is 18.2 Å². The van der Waals surface area contributed by atoms with Crippen molar-refractivity contribution < 1.29 is 13.9 Å². The molecule has 2 heterocycles. The van der Waals surface area contributed by atoms with Crippen LogP contribution in [0.3, 0.4) is 0 Å². The summed E-state index contributed by atoms with van der Waals surface area (Å²) in [6.45, 7) is 0. The molecular weight excluding hydrogens is 387 g/mol. The zero-order valence-corrected chi connectivity index (χ0v) is 15.4. The van der Waals surface area contributed by atoms with Gasteiger partial charge in [-0.3, -0.25) is 4.79 Å². The predicted molar refractivity (Wildman–Crippen MR) is 107 cm³/mol. The van der Waals surface area contributed by atoms with Crippen LogP contribution in [0.15, 0.2) is 72.8 Å². The number of halogens is 1. The summed E-state index contributed by atoms with van der Waals surface area (Å²) in [6.07, 6.45) is 0. The van der Waals surface area contributed by atoms with E-state index in [1.54, 1.807) is 34.8 Å². The minimum absolute atomic E-state index is 0.234. The number of tetrazole rings is 1. The highest BCUT2D eigenvalue weighted by Crippen LogP contribution is 2.26. The molecule has 0 radical (unpaired) electrons. The number of rotatable bonds is 4. The van der Waals surface area contributed by atoms with E-state index in [9.17, 15) is 9.18 Å². The highest BCUT2D eigenvalue weighted by atomic mass is 19.1. The van der Waals surface area contributed by atoms with Crippen LogP contribution in [0.25, 0.3) is 16.7 Å². The molecule has 0 unspecified atom stereocenters. The summed E-state index contributed by atoms with van der Waals surface area (Å²) < 4.78 is 20.7. The normalized spacial score (nSPS) is 11.0. The van der Waals surface area contributed by atoms with Gasteiger partial charge in [-0.15, -0.1) is 5.10 Å². The topological polar surface area (TPSA) is 94.3 Å². The average molecular weight is 400 g/mol. The number of aromatic nitrogens is 5. The van der Waals surface area contributed by atoms with Gasteiger partial charge in [-0.05, 0) is 65.0 Å². The van der Waals surface area contributed by atoms with Crippen LogP contribution in [0, 0.1) is 5.82 Å². The van der Waals surface area contributed by atoms with Crippen molar-refractivity contribution in [2.45, 2.75) is 0 Å². The van der Waals surface area contributed by atoms with Crippen molar-refractivity contribution in [3.63, 3.8) is 0 Å². The maximum atomic E-state index is 13.3. The lowest BCUT2D eigenvalue weighted by molar-refractivity contribution is 0.102. The monoisotopic (exact) mass is 400 g/mol. The third-order valence-electron chi connectivity index (χ3n) is 4.41. The fraction of sp³-hybridized carbons (Fsp3) is 0. The molecule has 1 amide bonds. The van der Waals surface area contributed by atoms with Crippen LogP contribution in [0.5, 0.6) is 11.6 Å². The number of hydrogen-bond donors (Lipinski definition) is 1. The lowest BCUT2D eigenvalue weighted by atomic mass is 10.2. The number of amides is 1. The largest absolute Gasteiger partial charge is 0.436 e. The van der Waals surface area contributed by atoms with E-state index in [0.29, 0.717) is 22.6 Å². The highest BCUT2D eigenvalue weighted by molar-refractivity contribution is 6.04. The first-order chi connectivity index (χ1) is 14.7. The number of nitrogens with zero attached hydrogens (tertiary/aromatic N) is 5. The first-order valence-electron chi connectivity index (χ1n) is 8.99. The molecule has 0 bridgehead atoms. The van der Waals surface area contributed by atoms with Gasteiger partial charge in [0.15, 0.2) is 0 Å². The molecule has 0 saturated carbocycles. The Kier molecular flexibility index (Phi) is 4.25. The summed E-state index contributed by atoms with van der Waals surface area (Å²) in [6, 6.07) is 19.6. The first-order valence-corrected chi connectivity index (χ1v) is 8.99. The Bertz CT molecular complexity index is 1380. The SMILES string of the molecule is O=C(Nc1ccc(Oc2nc3ccccc3n3nnnc23)cc1)c1cccc(F)c1. The number of hydrogen-bond acceptors (Lipinski definition) is 6. The summed E-state index contributed by atoms with van der Waals surface area (Å²) >= 11 is 0. The van der Waals surface area contributed by atoms with Crippen LogP contribution in [-0.2, 0) is 0 Å². The third-order valence-corrected chi connectivity index (χ3v) is 4.41. The Hall–Kier alpha value is -4.40. The molecule has 1 N–H and O–H groups in total. The van der Waals surface area contributed by atoms with Crippen LogP contribution < -0.4 is 10.1 Å². The molecule has 5 rings (SSSR count). The lowest BCUT2D eigenvalue weighted by Gasteiger charge is -2.09. The van der Waals surface area contributed by atoms with Crippen LogP contribution in [0.1, 0.15) is 10.4 Å². The number of ether oxygens (including phenoxy) is 1. The van der Waals surface area contributed by atoms with E-state index < -0.39 is 11.7 Å². The number of nitrogens with one attached hydrogen (secondary N) is 1. The molecule has 9 heteroatoms. The molecule has 5 aromatic rings. The van der Waals surface area contributed by atoms with E-state index >= 15 is 0 Å². The third kappa shape index (κ3) is 3.28. The lowest BCUT2D eigenvalue weighted by Crippen LogP contribution is -2.11. The number of carbonyl (C=O) groups is 1. The molecule has 2 aromatic heterocycles. The van der Waals surface area contributed by atoms with Crippen LogP contribution >= 0.6 is 0 Å². The second-order valence-electron chi connectivity index (χ2n) is 6.41. The van der Waals surface area contributed by atoms with E-state index in [-0.39, 0.29) is 11.4 Å². The molecule has 30 heavy (non-hydrogen) atoms. The van der Waals surface area contributed by atoms with Gasteiger partial charge < -0.3 is 10.1 Å². The van der Waals surface area contributed by atoms with Gasteiger partial charge >= 0.3 is 0 Å². The molecule has 0 saturated heterocycles. The predicted octanol–water partition coefficient (Wildman–Crippen LogP) is 3.86. The maximum absolute atomic E-state index is 13.3. The van der Waals surface area contributed by atoms with Crippen molar-refractivity contribution in [3.8, 4) is 11.6 Å². The Morgan fingerprint density at radius 2 is 1.83 bits per heavy atom. The molecule has 0 aliphatic rings. The first kappa shape index (κ1) is 17.7. The summed E-state index contributed by atoms with van der Waals surface area (Å²) in [5, 5.41) is 14.4. The standard InChI is InChI=1S/C21H13FN6O2/c22-14-5-3-4-13(12-14)20(29)23-15-8-10-16(11-9-15)30-21-19-25-26-27-28(19)18-7-2-1-6-17(18)24-21/h1-12H,(H,23,29). The van der Waals surface area contributed by atoms with Crippen LogP contribution in [-0.4, -0.2) is 30.9 Å². The Balaban J connectivity index is 1.38. The fourth-order valence-electron chi connectivity index (χ4n) is 3.00. The molecule has 3 aromatic carbocycles. The Morgan fingerprint density at radius 1 is 1.00 bits per heavy atom. The zero-order valence-electron chi connectivity index (χ0n) is 15.4. The van der Waals surface area contributed by atoms with Gasteiger partial charge in [0.05, 0.1) is 11.0 Å². The number of fused-ring (bicyclic) bond motifs is 3. The summed E-state index contributed by atoms with van der Waals surface area (Å²) in [5.74, 6) is -0.124. The van der Waals surface area contributed by atoms with E-state index in [0.717, 1.165) is 5.52 Å². The van der Waals surface area contributed by atoms with Crippen molar-refractivity contribution in [2.24, 2.45) is 0 Å². The average Bonchev–Trinajstić information content (AvgIpc) is 3.26. The van der Waals surface area contributed by atoms with E-state index in [1.807, 2.05) is 24.3 Å². The zero-order chi connectivity index (χ0) is 20.5. The molecule has 0 aliphatic carbocycles. The van der Waals surface area contributed by atoms with E-state index in [2.05, 4.69) is 25.8 Å². The molecule has 0 aliphatic heterocycles. The van der Waals surface area contributed by atoms with Gasteiger partial charge in [0.25, 0.3) is 11.8 Å². The Morgan fingerprint density at radius 3 is 2.67 bits per heavy atom. The van der Waals surface area contributed by atoms with Crippen molar-refractivity contribution in [2.75, 3.05) is 5.32 Å². The number of anilines is 1. The summed E-state index contributed by atoms with van der Waals surface area (Å²) in [4.78, 5) is 16.7. The summed E-state index contributed by atoms with van der Waals surface area (Å²) in [7, 11) is 0. The number of benzene rings is 3. The smallest absolute Gasteiger partial charge is 0.268 e. The van der Waals surface area contributed by atoms with E-state index in [4.69, 9.17) is 4.74 Å².